The molecule has 0 radical (unpaired) electrons. The van der Waals surface area contributed by atoms with Gasteiger partial charge in [-0.15, -0.1) is 0 Å². The van der Waals surface area contributed by atoms with Crippen molar-refractivity contribution in [2.45, 2.75) is 26.7 Å². The maximum Gasteiger partial charge on any atom is 0.245 e. The Morgan fingerprint density at radius 3 is 2.32 bits per heavy atom. The summed E-state index contributed by atoms with van der Waals surface area (Å²) >= 11 is 0. The smallest absolute Gasteiger partial charge is 0.245 e. The number of para-hydroxylation sites is 1. The molecule has 3 rings (SSSR count). The molecular weight excluding hydrogens is 380 g/mol. The van der Waals surface area contributed by atoms with Gasteiger partial charge in [-0.2, -0.15) is 0 Å². The summed E-state index contributed by atoms with van der Waals surface area (Å²) in [6, 6.07) is 10.7. The van der Waals surface area contributed by atoms with Gasteiger partial charge in [0.15, 0.2) is 11.5 Å². The number of sulfonamides is 1. The topological polar surface area (TPSA) is 84.9 Å². The van der Waals surface area contributed by atoms with Crippen LogP contribution >= 0.6 is 0 Å². The quantitative estimate of drug-likeness (QED) is 0.767. The number of anilines is 2. The number of ether oxygens (including phenoxy) is 2. The van der Waals surface area contributed by atoms with Gasteiger partial charge < -0.3 is 14.8 Å². The molecule has 1 aliphatic heterocycles. The summed E-state index contributed by atoms with van der Waals surface area (Å²) < 4.78 is 36.3. The van der Waals surface area contributed by atoms with Crippen LogP contribution in [0.15, 0.2) is 36.4 Å². The predicted octanol–water partition coefficient (Wildman–Crippen LogP) is 2.94. The summed E-state index contributed by atoms with van der Waals surface area (Å²) in [5, 5.41) is 2.90. The molecule has 0 aliphatic carbocycles. The van der Waals surface area contributed by atoms with Crippen LogP contribution in [-0.2, 0) is 27.7 Å². The zero-order chi connectivity index (χ0) is 20.3. The molecule has 8 heteroatoms. The number of rotatable bonds is 7. The first-order valence-corrected chi connectivity index (χ1v) is 11.0. The molecule has 2 aromatic carbocycles. The second kappa shape index (κ2) is 8.10. The van der Waals surface area contributed by atoms with Gasteiger partial charge in [-0.05, 0) is 36.1 Å². The van der Waals surface area contributed by atoms with E-state index in [1.54, 1.807) is 18.2 Å². The van der Waals surface area contributed by atoms with Crippen molar-refractivity contribution in [1.82, 2.24) is 0 Å². The molecule has 28 heavy (non-hydrogen) atoms. The number of nitrogens with zero attached hydrogens (tertiary/aromatic N) is 1. The molecule has 0 fully saturated rings. The number of aryl methyl sites for hydroxylation is 2. The van der Waals surface area contributed by atoms with Crippen LogP contribution in [0.1, 0.15) is 25.0 Å². The van der Waals surface area contributed by atoms with E-state index in [9.17, 15) is 13.2 Å². The molecule has 0 unspecified atom stereocenters. The van der Waals surface area contributed by atoms with Crippen LogP contribution in [0.5, 0.6) is 11.5 Å². The molecule has 0 saturated carbocycles. The van der Waals surface area contributed by atoms with Crippen LogP contribution in [0, 0.1) is 0 Å². The van der Waals surface area contributed by atoms with Crippen molar-refractivity contribution < 1.29 is 22.7 Å². The molecular formula is C20H24N2O5S. The lowest BCUT2D eigenvalue weighted by Crippen LogP contribution is -2.37. The fourth-order valence-corrected chi connectivity index (χ4v) is 4.00. The van der Waals surface area contributed by atoms with Crippen molar-refractivity contribution in [2.75, 3.05) is 29.2 Å². The summed E-state index contributed by atoms with van der Waals surface area (Å²) in [4.78, 5) is 12.7. The second-order valence-corrected chi connectivity index (χ2v) is 8.42. The Balaban J connectivity index is 1.86. The third kappa shape index (κ3) is 4.22. The summed E-state index contributed by atoms with van der Waals surface area (Å²) in [5.74, 6) is 0.598. The molecule has 0 aromatic heterocycles. The van der Waals surface area contributed by atoms with Gasteiger partial charge in [0, 0.05) is 11.8 Å². The SMILES string of the molecule is CCc1cccc(CC)c1NC(=O)CN(c1ccc2c(c1)OCO2)S(C)(=O)=O. The number of benzene rings is 2. The first-order chi connectivity index (χ1) is 13.3. The highest BCUT2D eigenvalue weighted by Gasteiger charge is 2.24. The fraction of sp³-hybridized carbons (Fsp3) is 0.350. The lowest BCUT2D eigenvalue weighted by Gasteiger charge is -2.23. The molecule has 0 saturated heterocycles. The van der Waals surface area contributed by atoms with Crippen molar-refractivity contribution in [3.8, 4) is 11.5 Å². The molecule has 0 spiro atoms. The lowest BCUT2D eigenvalue weighted by atomic mass is 10.0. The fourth-order valence-electron chi connectivity index (χ4n) is 3.15. The van der Waals surface area contributed by atoms with E-state index in [2.05, 4.69) is 5.32 Å². The Labute approximate surface area is 165 Å². The Kier molecular flexibility index (Phi) is 5.79. The highest BCUT2D eigenvalue weighted by atomic mass is 32.2. The van der Waals surface area contributed by atoms with Crippen LogP contribution in [0.3, 0.4) is 0 Å². The monoisotopic (exact) mass is 404 g/mol. The summed E-state index contributed by atoms with van der Waals surface area (Å²) in [6.45, 7) is 3.78. The normalized spacial score (nSPS) is 12.7. The van der Waals surface area contributed by atoms with Gasteiger partial charge in [0.1, 0.15) is 6.54 Å². The number of hydrogen-bond donors (Lipinski definition) is 1. The average Bonchev–Trinajstić information content (AvgIpc) is 3.13. The molecule has 7 nitrogen and oxygen atoms in total. The van der Waals surface area contributed by atoms with Gasteiger partial charge in [0.2, 0.25) is 22.7 Å². The number of amides is 1. The van der Waals surface area contributed by atoms with E-state index in [0.29, 0.717) is 17.2 Å². The highest BCUT2D eigenvalue weighted by Crippen LogP contribution is 2.36. The molecule has 1 aliphatic rings. The number of carbonyl (C=O) groups is 1. The molecule has 2 aromatic rings. The van der Waals surface area contributed by atoms with Gasteiger partial charge in [-0.25, -0.2) is 8.42 Å². The zero-order valence-electron chi connectivity index (χ0n) is 16.2. The Bertz CT molecular complexity index is 966. The van der Waals surface area contributed by atoms with E-state index in [4.69, 9.17) is 9.47 Å². The van der Waals surface area contributed by atoms with Crippen LogP contribution in [0.25, 0.3) is 0 Å². The van der Waals surface area contributed by atoms with Gasteiger partial charge in [-0.3, -0.25) is 9.10 Å². The maximum atomic E-state index is 12.7. The molecule has 1 heterocycles. The maximum absolute atomic E-state index is 12.7. The van der Waals surface area contributed by atoms with Crippen LogP contribution in [0.4, 0.5) is 11.4 Å². The summed E-state index contributed by atoms with van der Waals surface area (Å²) in [6.07, 6.45) is 2.60. The highest BCUT2D eigenvalue weighted by molar-refractivity contribution is 7.92. The first kappa shape index (κ1) is 20.0. The van der Waals surface area contributed by atoms with Crippen molar-refractivity contribution in [1.29, 1.82) is 0 Å². The minimum Gasteiger partial charge on any atom is -0.454 e. The Hall–Kier alpha value is -2.74. The molecule has 150 valence electrons. The largest absolute Gasteiger partial charge is 0.454 e. The van der Waals surface area contributed by atoms with E-state index >= 15 is 0 Å². The van der Waals surface area contributed by atoms with Gasteiger partial charge >= 0.3 is 0 Å². The van der Waals surface area contributed by atoms with E-state index in [0.717, 1.165) is 40.2 Å². The second-order valence-electron chi connectivity index (χ2n) is 6.51. The molecule has 1 amide bonds. The molecule has 0 bridgehead atoms. The molecule has 1 N–H and O–H groups in total. The predicted molar refractivity (Wildman–Crippen MR) is 109 cm³/mol. The molecule has 0 atom stereocenters. The van der Waals surface area contributed by atoms with E-state index in [1.807, 2.05) is 32.0 Å². The van der Waals surface area contributed by atoms with Crippen molar-refractivity contribution in [3.63, 3.8) is 0 Å². The first-order valence-electron chi connectivity index (χ1n) is 9.11. The van der Waals surface area contributed by atoms with Crippen LogP contribution < -0.4 is 19.1 Å². The van der Waals surface area contributed by atoms with Gasteiger partial charge in [-0.1, -0.05) is 32.0 Å². The van der Waals surface area contributed by atoms with Crippen LogP contribution in [0.2, 0.25) is 0 Å². The summed E-state index contributed by atoms with van der Waals surface area (Å²) in [7, 11) is -3.68. The van der Waals surface area contributed by atoms with Gasteiger partial charge in [0.25, 0.3) is 0 Å². The Morgan fingerprint density at radius 2 is 1.71 bits per heavy atom. The van der Waals surface area contributed by atoms with Crippen molar-refractivity contribution >= 4 is 27.3 Å². The number of hydrogen-bond acceptors (Lipinski definition) is 5. The summed E-state index contributed by atoms with van der Waals surface area (Å²) in [5.41, 5.74) is 3.14. The standard InChI is InChI=1S/C20H24N2O5S/c1-4-14-7-6-8-15(5-2)20(14)21-19(23)12-22(28(3,24)25)16-9-10-17-18(11-16)27-13-26-17/h6-11H,4-5,12-13H2,1-3H3,(H,21,23). The average molecular weight is 404 g/mol. The number of nitrogens with one attached hydrogen (secondary N) is 1. The number of carbonyl (C=O) groups excluding carboxylic acids is 1. The van der Waals surface area contributed by atoms with Gasteiger partial charge in [0.05, 0.1) is 11.9 Å². The minimum absolute atomic E-state index is 0.0890. The van der Waals surface area contributed by atoms with Crippen molar-refractivity contribution in [3.05, 3.63) is 47.5 Å². The van der Waals surface area contributed by atoms with E-state index in [-0.39, 0.29) is 13.3 Å². The van der Waals surface area contributed by atoms with E-state index in [1.165, 1.54) is 0 Å². The lowest BCUT2D eigenvalue weighted by molar-refractivity contribution is -0.114. The van der Waals surface area contributed by atoms with Crippen LogP contribution in [-0.4, -0.2) is 33.9 Å². The third-order valence-electron chi connectivity index (χ3n) is 4.59. The zero-order valence-corrected chi connectivity index (χ0v) is 17.0. The van der Waals surface area contributed by atoms with Crippen molar-refractivity contribution in [2.24, 2.45) is 0 Å². The number of fused-ring (bicyclic) bond motifs is 1. The third-order valence-corrected chi connectivity index (χ3v) is 5.74. The minimum atomic E-state index is -3.68. The Morgan fingerprint density at radius 1 is 1.07 bits per heavy atom. The van der Waals surface area contributed by atoms with E-state index < -0.39 is 15.9 Å².